The molecule has 2 heteroatoms. The highest BCUT2D eigenvalue weighted by Crippen LogP contribution is 2.08. The van der Waals surface area contributed by atoms with Crippen molar-refractivity contribution in [2.75, 3.05) is 6.54 Å². The summed E-state index contributed by atoms with van der Waals surface area (Å²) in [6.07, 6.45) is 3.61. The number of hydrogen-bond donors (Lipinski definition) is 1. The van der Waals surface area contributed by atoms with Crippen LogP contribution in [0.2, 0.25) is 0 Å². The lowest BCUT2D eigenvalue weighted by molar-refractivity contribution is 0.622. The van der Waals surface area contributed by atoms with E-state index >= 15 is 0 Å². The Labute approximate surface area is 79.4 Å². The van der Waals surface area contributed by atoms with E-state index in [4.69, 9.17) is 0 Å². The molecule has 0 amide bonds. The maximum absolute atomic E-state index is 3.97. The minimum Gasteiger partial charge on any atom is -0.300 e. The molecule has 68 valence electrons. The minimum absolute atomic E-state index is 0.337. The van der Waals surface area contributed by atoms with Crippen LogP contribution in [-0.2, 0) is 0 Å². The summed E-state index contributed by atoms with van der Waals surface area (Å²) in [5.41, 5.74) is 1.24. The molecule has 1 atom stereocenters. The Morgan fingerprint density at radius 3 is 2.77 bits per heavy atom. The Kier molecular flexibility index (Phi) is 4.01. The van der Waals surface area contributed by atoms with Gasteiger partial charge < -0.3 is 0 Å². The zero-order valence-electron chi connectivity index (χ0n) is 8.04. The maximum Gasteiger partial charge on any atom is 0.0581 e. The second kappa shape index (κ2) is 5.34. The van der Waals surface area contributed by atoms with E-state index in [1.165, 1.54) is 5.56 Å². The van der Waals surface area contributed by atoms with E-state index in [9.17, 15) is 0 Å². The van der Waals surface area contributed by atoms with Gasteiger partial charge in [-0.15, -0.1) is 5.92 Å². The number of aromatic nitrogens is 1. The highest BCUT2D eigenvalue weighted by Gasteiger charge is 2.01. The van der Waals surface area contributed by atoms with Gasteiger partial charge in [0.25, 0.3) is 0 Å². The minimum atomic E-state index is 0.337. The van der Waals surface area contributed by atoms with Gasteiger partial charge in [-0.1, -0.05) is 5.92 Å². The fourth-order valence-corrected chi connectivity index (χ4v) is 1.06. The van der Waals surface area contributed by atoms with Gasteiger partial charge in [-0.25, -0.2) is 0 Å². The molecule has 0 aromatic carbocycles. The lowest BCUT2D eigenvalue weighted by Gasteiger charge is -2.10. The number of hydrogen-bond acceptors (Lipinski definition) is 2. The quantitative estimate of drug-likeness (QED) is 0.706. The van der Waals surface area contributed by atoms with Gasteiger partial charge in [0.1, 0.15) is 0 Å². The lowest BCUT2D eigenvalue weighted by atomic mass is 10.1. The van der Waals surface area contributed by atoms with E-state index in [-0.39, 0.29) is 0 Å². The van der Waals surface area contributed by atoms with Gasteiger partial charge in [0.15, 0.2) is 0 Å². The van der Waals surface area contributed by atoms with Gasteiger partial charge in [0.05, 0.1) is 6.54 Å². The zero-order chi connectivity index (χ0) is 9.52. The predicted molar refractivity (Wildman–Crippen MR) is 54.1 cm³/mol. The number of rotatable bonds is 3. The van der Waals surface area contributed by atoms with E-state index in [1.807, 2.05) is 19.1 Å². The Balaban J connectivity index is 2.47. The van der Waals surface area contributed by atoms with Crippen LogP contribution < -0.4 is 5.32 Å². The van der Waals surface area contributed by atoms with Crippen molar-refractivity contribution in [2.45, 2.75) is 19.9 Å². The van der Waals surface area contributed by atoms with E-state index in [0.717, 1.165) is 6.54 Å². The molecule has 1 aromatic heterocycles. The summed E-state index contributed by atoms with van der Waals surface area (Å²) in [5.74, 6) is 5.82. The standard InChI is InChI=1S/C11H14N2/c1-3-4-7-13-10(2)11-5-8-12-9-6-11/h5-6,8-10,13H,7H2,1-2H3/t10-/m1/s1. The predicted octanol–water partition coefficient (Wildman–Crippen LogP) is 1.76. The fourth-order valence-electron chi connectivity index (χ4n) is 1.06. The molecule has 0 radical (unpaired) electrons. The SMILES string of the molecule is CC#CCN[C@H](C)c1ccncc1. The normalized spacial score (nSPS) is 11.5. The molecule has 1 rings (SSSR count). The molecule has 0 bridgehead atoms. The fraction of sp³-hybridized carbons (Fsp3) is 0.364. The van der Waals surface area contributed by atoms with Crippen molar-refractivity contribution in [3.63, 3.8) is 0 Å². The van der Waals surface area contributed by atoms with Crippen LogP contribution in [0.4, 0.5) is 0 Å². The van der Waals surface area contributed by atoms with Crippen molar-refractivity contribution in [3.05, 3.63) is 30.1 Å². The van der Waals surface area contributed by atoms with Gasteiger partial charge in [-0.05, 0) is 31.5 Å². The summed E-state index contributed by atoms with van der Waals surface area (Å²) in [4.78, 5) is 3.97. The molecule has 0 saturated heterocycles. The van der Waals surface area contributed by atoms with E-state index in [1.54, 1.807) is 12.4 Å². The molecular formula is C11H14N2. The van der Waals surface area contributed by atoms with Gasteiger partial charge in [0, 0.05) is 18.4 Å². The molecule has 0 aliphatic carbocycles. The topological polar surface area (TPSA) is 24.9 Å². The van der Waals surface area contributed by atoms with Crippen molar-refractivity contribution in [3.8, 4) is 11.8 Å². The highest BCUT2D eigenvalue weighted by atomic mass is 14.9. The largest absolute Gasteiger partial charge is 0.300 e. The van der Waals surface area contributed by atoms with Crippen LogP contribution in [0.3, 0.4) is 0 Å². The third-order valence-electron chi connectivity index (χ3n) is 1.88. The third kappa shape index (κ3) is 3.27. The van der Waals surface area contributed by atoms with Crippen LogP contribution in [0.25, 0.3) is 0 Å². The van der Waals surface area contributed by atoms with Crippen molar-refractivity contribution < 1.29 is 0 Å². The van der Waals surface area contributed by atoms with Crippen molar-refractivity contribution in [1.82, 2.24) is 10.3 Å². The molecule has 1 N–H and O–H groups in total. The summed E-state index contributed by atoms with van der Waals surface area (Å²) < 4.78 is 0. The molecule has 0 aliphatic rings. The van der Waals surface area contributed by atoms with Gasteiger partial charge in [-0.2, -0.15) is 0 Å². The van der Waals surface area contributed by atoms with Crippen LogP contribution in [-0.4, -0.2) is 11.5 Å². The van der Waals surface area contributed by atoms with Crippen molar-refractivity contribution >= 4 is 0 Å². The molecule has 1 heterocycles. The van der Waals surface area contributed by atoms with Gasteiger partial charge in [-0.3, -0.25) is 10.3 Å². The van der Waals surface area contributed by atoms with Crippen LogP contribution >= 0.6 is 0 Å². The average molecular weight is 174 g/mol. The zero-order valence-corrected chi connectivity index (χ0v) is 8.04. The first-order valence-electron chi connectivity index (χ1n) is 4.37. The molecule has 13 heavy (non-hydrogen) atoms. The first-order valence-corrected chi connectivity index (χ1v) is 4.37. The van der Waals surface area contributed by atoms with Crippen LogP contribution in [0.5, 0.6) is 0 Å². The molecule has 0 saturated carbocycles. The van der Waals surface area contributed by atoms with Crippen LogP contribution in [0.15, 0.2) is 24.5 Å². The third-order valence-corrected chi connectivity index (χ3v) is 1.88. The molecule has 0 aliphatic heterocycles. The number of nitrogens with zero attached hydrogens (tertiary/aromatic N) is 1. The Bertz CT molecular complexity index is 295. The smallest absolute Gasteiger partial charge is 0.0581 e. The average Bonchev–Trinajstić information content (AvgIpc) is 2.19. The Morgan fingerprint density at radius 1 is 1.46 bits per heavy atom. The lowest BCUT2D eigenvalue weighted by Crippen LogP contribution is -2.18. The maximum atomic E-state index is 3.97. The molecule has 1 aromatic rings. The first-order chi connectivity index (χ1) is 6.34. The number of pyridine rings is 1. The summed E-state index contributed by atoms with van der Waals surface area (Å²) in [5, 5.41) is 3.30. The Morgan fingerprint density at radius 2 is 2.15 bits per heavy atom. The van der Waals surface area contributed by atoms with Crippen molar-refractivity contribution in [2.24, 2.45) is 0 Å². The Hall–Kier alpha value is -1.33. The summed E-state index contributed by atoms with van der Waals surface area (Å²) in [6, 6.07) is 4.36. The van der Waals surface area contributed by atoms with E-state index in [2.05, 4.69) is 29.1 Å². The second-order valence-corrected chi connectivity index (χ2v) is 2.81. The summed E-state index contributed by atoms with van der Waals surface area (Å²) in [6.45, 7) is 4.70. The molecule has 0 fully saturated rings. The van der Waals surface area contributed by atoms with Crippen LogP contribution in [0.1, 0.15) is 25.5 Å². The molecule has 0 spiro atoms. The molecule has 0 unspecified atom stereocenters. The van der Waals surface area contributed by atoms with Crippen molar-refractivity contribution in [1.29, 1.82) is 0 Å². The van der Waals surface area contributed by atoms with Crippen LogP contribution in [0, 0.1) is 11.8 Å². The highest BCUT2D eigenvalue weighted by molar-refractivity contribution is 5.14. The number of nitrogens with one attached hydrogen (secondary N) is 1. The first kappa shape index (κ1) is 9.76. The molecule has 2 nitrogen and oxygen atoms in total. The summed E-state index contributed by atoms with van der Waals surface area (Å²) >= 11 is 0. The van der Waals surface area contributed by atoms with E-state index < -0.39 is 0 Å². The summed E-state index contributed by atoms with van der Waals surface area (Å²) in [7, 11) is 0. The van der Waals surface area contributed by atoms with Gasteiger partial charge in [0.2, 0.25) is 0 Å². The second-order valence-electron chi connectivity index (χ2n) is 2.81. The van der Waals surface area contributed by atoms with E-state index in [0.29, 0.717) is 6.04 Å². The monoisotopic (exact) mass is 174 g/mol. The molecular weight excluding hydrogens is 160 g/mol. The van der Waals surface area contributed by atoms with Gasteiger partial charge >= 0.3 is 0 Å².